The first-order valence-corrected chi connectivity index (χ1v) is 8.54. The lowest BCUT2D eigenvalue weighted by Gasteiger charge is -2.05. The van der Waals surface area contributed by atoms with Gasteiger partial charge in [-0.15, -0.1) is 0 Å². The summed E-state index contributed by atoms with van der Waals surface area (Å²) in [5.41, 5.74) is 4.68. The van der Waals surface area contributed by atoms with Crippen molar-refractivity contribution in [1.82, 2.24) is 19.9 Å². The second-order valence-electron chi connectivity index (χ2n) is 6.21. The fourth-order valence-electron chi connectivity index (χ4n) is 3.11. The molecule has 0 radical (unpaired) electrons. The number of nitrogens with one attached hydrogen (secondary N) is 2. The second-order valence-corrected chi connectivity index (χ2v) is 6.21. The van der Waals surface area contributed by atoms with Crippen molar-refractivity contribution in [2.24, 2.45) is 0 Å². The monoisotopic (exact) mass is 332 g/mol. The van der Waals surface area contributed by atoms with Gasteiger partial charge < -0.3 is 14.9 Å². The van der Waals surface area contributed by atoms with Crippen molar-refractivity contribution in [3.05, 3.63) is 66.1 Å². The van der Waals surface area contributed by atoms with Crippen LogP contribution in [0.2, 0.25) is 0 Å². The van der Waals surface area contributed by atoms with Crippen LogP contribution >= 0.6 is 0 Å². The standard InChI is InChI=1S/C20H20N4O/c1-2-9-24-13-22-17-10-14(7-8-19(17)24)12-21-20(25)18-11-15-5-3-4-6-16(15)23-18/h3-8,10-11,13,23H,2,9,12H2,1H3,(H,21,25). The Labute approximate surface area is 145 Å². The predicted octanol–water partition coefficient (Wildman–Crippen LogP) is 3.86. The summed E-state index contributed by atoms with van der Waals surface area (Å²) in [4.78, 5) is 20.0. The minimum absolute atomic E-state index is 0.104. The van der Waals surface area contributed by atoms with Gasteiger partial charge in [-0.05, 0) is 36.2 Å². The molecule has 5 nitrogen and oxygen atoms in total. The van der Waals surface area contributed by atoms with Gasteiger partial charge in [-0.25, -0.2) is 4.98 Å². The molecule has 2 aromatic heterocycles. The van der Waals surface area contributed by atoms with Crippen LogP contribution in [-0.2, 0) is 13.1 Å². The zero-order valence-electron chi connectivity index (χ0n) is 14.1. The lowest BCUT2D eigenvalue weighted by atomic mass is 10.2. The highest BCUT2D eigenvalue weighted by molar-refractivity contribution is 5.98. The van der Waals surface area contributed by atoms with Gasteiger partial charge in [0.2, 0.25) is 0 Å². The first kappa shape index (κ1) is 15.4. The minimum Gasteiger partial charge on any atom is -0.351 e. The van der Waals surface area contributed by atoms with Gasteiger partial charge in [0.25, 0.3) is 5.91 Å². The normalized spacial score (nSPS) is 11.2. The lowest BCUT2D eigenvalue weighted by Crippen LogP contribution is -2.23. The zero-order valence-corrected chi connectivity index (χ0v) is 14.1. The average molecular weight is 332 g/mol. The third-order valence-electron chi connectivity index (χ3n) is 4.38. The molecule has 0 aliphatic rings. The number of para-hydroxylation sites is 1. The fourth-order valence-corrected chi connectivity index (χ4v) is 3.11. The molecule has 0 fully saturated rings. The molecule has 126 valence electrons. The van der Waals surface area contributed by atoms with E-state index < -0.39 is 0 Å². The molecule has 0 bridgehead atoms. The van der Waals surface area contributed by atoms with E-state index in [0.29, 0.717) is 12.2 Å². The summed E-state index contributed by atoms with van der Waals surface area (Å²) in [5.74, 6) is -0.104. The van der Waals surface area contributed by atoms with E-state index in [2.05, 4.69) is 32.8 Å². The Balaban J connectivity index is 1.48. The maximum Gasteiger partial charge on any atom is 0.267 e. The van der Waals surface area contributed by atoms with Crippen LogP contribution in [0.25, 0.3) is 21.9 Å². The van der Waals surface area contributed by atoms with Crippen molar-refractivity contribution in [2.45, 2.75) is 26.4 Å². The summed E-state index contributed by atoms with van der Waals surface area (Å²) < 4.78 is 2.15. The van der Waals surface area contributed by atoms with Gasteiger partial charge in [0, 0.05) is 24.0 Å². The van der Waals surface area contributed by atoms with E-state index in [1.807, 2.05) is 48.8 Å². The third kappa shape index (κ3) is 3.01. The molecular weight excluding hydrogens is 312 g/mol. The molecule has 5 heteroatoms. The summed E-state index contributed by atoms with van der Waals surface area (Å²) >= 11 is 0. The summed E-state index contributed by atoms with van der Waals surface area (Å²) in [5, 5.41) is 4.01. The van der Waals surface area contributed by atoms with Crippen LogP contribution in [0.4, 0.5) is 0 Å². The second kappa shape index (κ2) is 6.43. The van der Waals surface area contributed by atoms with Crippen molar-refractivity contribution in [2.75, 3.05) is 0 Å². The number of carbonyl (C=O) groups is 1. The fraction of sp³-hybridized carbons (Fsp3) is 0.200. The first-order valence-electron chi connectivity index (χ1n) is 8.54. The quantitative estimate of drug-likeness (QED) is 0.583. The molecule has 25 heavy (non-hydrogen) atoms. The van der Waals surface area contributed by atoms with Gasteiger partial charge in [0.05, 0.1) is 17.4 Å². The van der Waals surface area contributed by atoms with E-state index in [-0.39, 0.29) is 5.91 Å². The number of imidazole rings is 1. The highest BCUT2D eigenvalue weighted by atomic mass is 16.1. The first-order chi connectivity index (χ1) is 12.2. The smallest absolute Gasteiger partial charge is 0.267 e. The molecule has 0 saturated heterocycles. The number of H-pyrrole nitrogens is 1. The van der Waals surface area contributed by atoms with Gasteiger partial charge in [0.1, 0.15) is 5.69 Å². The number of aryl methyl sites for hydroxylation is 1. The van der Waals surface area contributed by atoms with Crippen molar-refractivity contribution < 1.29 is 4.79 Å². The van der Waals surface area contributed by atoms with Gasteiger partial charge in [-0.2, -0.15) is 0 Å². The van der Waals surface area contributed by atoms with Crippen LogP contribution in [0.3, 0.4) is 0 Å². The van der Waals surface area contributed by atoms with Crippen LogP contribution in [0.15, 0.2) is 54.9 Å². The van der Waals surface area contributed by atoms with E-state index in [0.717, 1.165) is 40.5 Å². The Morgan fingerprint density at radius 1 is 1.20 bits per heavy atom. The van der Waals surface area contributed by atoms with Gasteiger partial charge >= 0.3 is 0 Å². The van der Waals surface area contributed by atoms with Gasteiger partial charge in [0.15, 0.2) is 0 Å². The van der Waals surface area contributed by atoms with Gasteiger partial charge in [-0.1, -0.05) is 31.2 Å². The molecule has 0 saturated carbocycles. The highest BCUT2D eigenvalue weighted by Crippen LogP contribution is 2.17. The number of fused-ring (bicyclic) bond motifs is 2. The summed E-state index contributed by atoms with van der Waals surface area (Å²) in [6, 6.07) is 15.9. The Morgan fingerprint density at radius 2 is 2.08 bits per heavy atom. The minimum atomic E-state index is -0.104. The topological polar surface area (TPSA) is 62.7 Å². The van der Waals surface area contributed by atoms with Crippen LogP contribution in [0.1, 0.15) is 29.4 Å². The van der Waals surface area contributed by atoms with E-state index >= 15 is 0 Å². The van der Waals surface area contributed by atoms with Crippen LogP contribution in [0.5, 0.6) is 0 Å². The predicted molar refractivity (Wildman–Crippen MR) is 99.5 cm³/mol. The number of aromatic nitrogens is 3. The molecule has 0 unspecified atom stereocenters. The Bertz CT molecular complexity index is 1010. The summed E-state index contributed by atoms with van der Waals surface area (Å²) in [6.45, 7) is 3.59. The van der Waals surface area contributed by atoms with Crippen molar-refractivity contribution in [3.63, 3.8) is 0 Å². The van der Waals surface area contributed by atoms with Crippen LogP contribution in [-0.4, -0.2) is 20.4 Å². The Morgan fingerprint density at radius 3 is 2.92 bits per heavy atom. The molecule has 4 aromatic rings. The maximum absolute atomic E-state index is 12.4. The summed E-state index contributed by atoms with van der Waals surface area (Å²) in [6.07, 6.45) is 2.95. The van der Waals surface area contributed by atoms with E-state index in [4.69, 9.17) is 0 Å². The zero-order chi connectivity index (χ0) is 17.2. The largest absolute Gasteiger partial charge is 0.351 e. The molecule has 0 spiro atoms. The van der Waals surface area contributed by atoms with Crippen molar-refractivity contribution in [3.8, 4) is 0 Å². The molecule has 0 aliphatic carbocycles. The number of rotatable bonds is 5. The number of amides is 1. The Hall–Kier alpha value is -3.08. The molecule has 1 amide bonds. The number of benzene rings is 2. The van der Waals surface area contributed by atoms with Crippen molar-refractivity contribution >= 4 is 27.8 Å². The van der Waals surface area contributed by atoms with Crippen LogP contribution < -0.4 is 5.32 Å². The number of nitrogens with zero attached hydrogens (tertiary/aromatic N) is 2. The van der Waals surface area contributed by atoms with E-state index in [9.17, 15) is 4.79 Å². The molecule has 4 rings (SSSR count). The molecule has 0 atom stereocenters. The maximum atomic E-state index is 12.4. The van der Waals surface area contributed by atoms with Crippen LogP contribution in [0, 0.1) is 0 Å². The molecule has 2 N–H and O–H groups in total. The third-order valence-corrected chi connectivity index (χ3v) is 4.38. The highest BCUT2D eigenvalue weighted by Gasteiger charge is 2.09. The van der Waals surface area contributed by atoms with Gasteiger partial charge in [-0.3, -0.25) is 4.79 Å². The number of hydrogen-bond donors (Lipinski definition) is 2. The number of carbonyl (C=O) groups excluding carboxylic acids is 1. The molecular formula is C20H20N4O. The molecule has 2 heterocycles. The Kier molecular flexibility index (Phi) is 3.98. The summed E-state index contributed by atoms with van der Waals surface area (Å²) in [7, 11) is 0. The number of hydrogen-bond acceptors (Lipinski definition) is 2. The SMILES string of the molecule is CCCn1cnc2cc(CNC(=O)c3cc4ccccc4[nH]3)ccc21. The lowest BCUT2D eigenvalue weighted by molar-refractivity contribution is 0.0947. The van der Waals surface area contributed by atoms with E-state index in [1.54, 1.807) is 0 Å². The number of aromatic amines is 1. The van der Waals surface area contributed by atoms with Crippen molar-refractivity contribution in [1.29, 1.82) is 0 Å². The van der Waals surface area contributed by atoms with E-state index in [1.165, 1.54) is 0 Å². The molecule has 2 aromatic carbocycles. The molecule has 0 aliphatic heterocycles. The average Bonchev–Trinajstić information content (AvgIpc) is 3.24.